The van der Waals surface area contributed by atoms with Gasteiger partial charge in [0.15, 0.2) is 5.13 Å². The second kappa shape index (κ2) is 8.80. The van der Waals surface area contributed by atoms with Crippen molar-refractivity contribution in [3.05, 3.63) is 41.9 Å². The Kier molecular flexibility index (Phi) is 6.42. The minimum Gasteiger partial charge on any atom is -0.336 e. The Hall–Kier alpha value is -2.30. The van der Waals surface area contributed by atoms with E-state index in [4.69, 9.17) is 0 Å². The lowest BCUT2D eigenvalue weighted by Gasteiger charge is -2.33. The second-order valence-electron chi connectivity index (χ2n) is 6.59. The van der Waals surface area contributed by atoms with Crippen molar-refractivity contribution in [3.8, 4) is 0 Å². The summed E-state index contributed by atoms with van der Waals surface area (Å²) in [6, 6.07) is 8.21. The molecule has 1 aliphatic rings. The van der Waals surface area contributed by atoms with E-state index in [1.165, 1.54) is 20.5 Å². The maximum Gasteiger partial charge on any atom is 0.245 e. The van der Waals surface area contributed by atoms with Crippen LogP contribution in [-0.2, 0) is 19.6 Å². The molecule has 150 valence electrons. The lowest BCUT2D eigenvalue weighted by atomic mass is 9.98. The van der Waals surface area contributed by atoms with Crippen LogP contribution >= 0.6 is 11.3 Å². The number of nitrogens with one attached hydrogen (secondary N) is 1. The van der Waals surface area contributed by atoms with E-state index in [9.17, 15) is 18.0 Å². The number of hydrogen-bond acceptors (Lipinski definition) is 6. The Balaban J connectivity index is 1.61. The maximum atomic E-state index is 12.8. The van der Waals surface area contributed by atoms with Gasteiger partial charge in [0.25, 0.3) is 0 Å². The van der Waals surface area contributed by atoms with Crippen LogP contribution in [0.1, 0.15) is 12.8 Å². The molecule has 0 unspecified atom stereocenters. The number of sulfonamides is 1. The number of rotatable bonds is 6. The van der Waals surface area contributed by atoms with Gasteiger partial charge in [-0.3, -0.25) is 9.59 Å². The Morgan fingerprint density at radius 2 is 2.07 bits per heavy atom. The van der Waals surface area contributed by atoms with E-state index in [0.29, 0.717) is 24.5 Å². The number of carbonyl (C=O) groups is 2. The van der Waals surface area contributed by atoms with Gasteiger partial charge in [0.05, 0.1) is 17.4 Å². The van der Waals surface area contributed by atoms with Crippen molar-refractivity contribution in [2.45, 2.75) is 17.7 Å². The molecule has 1 saturated heterocycles. The number of piperidine rings is 1. The van der Waals surface area contributed by atoms with Gasteiger partial charge in [0, 0.05) is 31.7 Å². The van der Waals surface area contributed by atoms with Crippen molar-refractivity contribution in [2.75, 3.05) is 32.0 Å². The lowest BCUT2D eigenvalue weighted by Crippen LogP contribution is -2.47. The van der Waals surface area contributed by atoms with Crippen molar-refractivity contribution >= 4 is 38.3 Å². The number of aromatic nitrogens is 1. The zero-order valence-electron chi connectivity index (χ0n) is 15.4. The highest BCUT2D eigenvalue weighted by Gasteiger charge is 2.34. The highest BCUT2D eigenvalue weighted by atomic mass is 32.2. The minimum atomic E-state index is -3.64. The van der Waals surface area contributed by atoms with Gasteiger partial charge in [-0.15, -0.1) is 11.3 Å². The Morgan fingerprint density at radius 1 is 1.32 bits per heavy atom. The van der Waals surface area contributed by atoms with Crippen molar-refractivity contribution in [1.29, 1.82) is 0 Å². The predicted octanol–water partition coefficient (Wildman–Crippen LogP) is 1.64. The van der Waals surface area contributed by atoms with Crippen LogP contribution in [0, 0.1) is 5.92 Å². The summed E-state index contributed by atoms with van der Waals surface area (Å²) in [5.41, 5.74) is 0. The average Bonchev–Trinajstić information content (AvgIpc) is 3.21. The molecule has 10 heteroatoms. The monoisotopic (exact) mass is 422 g/mol. The van der Waals surface area contributed by atoms with Crippen molar-refractivity contribution in [2.24, 2.45) is 5.92 Å². The van der Waals surface area contributed by atoms with E-state index in [-0.39, 0.29) is 29.8 Å². The second-order valence-corrected chi connectivity index (χ2v) is 9.43. The first-order chi connectivity index (χ1) is 13.4. The molecule has 28 heavy (non-hydrogen) atoms. The summed E-state index contributed by atoms with van der Waals surface area (Å²) in [4.78, 5) is 30.4. The lowest BCUT2D eigenvalue weighted by molar-refractivity contribution is -0.138. The van der Waals surface area contributed by atoms with Crippen molar-refractivity contribution in [3.63, 3.8) is 0 Å². The molecule has 3 rings (SSSR count). The minimum absolute atomic E-state index is 0.111. The third kappa shape index (κ3) is 4.75. The van der Waals surface area contributed by atoms with Crippen LogP contribution in [0.4, 0.5) is 5.13 Å². The highest BCUT2D eigenvalue weighted by molar-refractivity contribution is 7.89. The van der Waals surface area contributed by atoms with E-state index < -0.39 is 15.9 Å². The molecule has 1 aromatic carbocycles. The number of likely N-dealkylation sites (N-methyl/N-ethyl adjacent to an activating group) is 1. The number of thiazole rings is 1. The van der Waals surface area contributed by atoms with Gasteiger partial charge >= 0.3 is 0 Å². The van der Waals surface area contributed by atoms with Gasteiger partial charge in [-0.25, -0.2) is 13.4 Å². The predicted molar refractivity (Wildman–Crippen MR) is 106 cm³/mol. The van der Waals surface area contributed by atoms with Gasteiger partial charge < -0.3 is 10.2 Å². The normalized spacial score (nSPS) is 17.8. The van der Waals surface area contributed by atoms with Crippen LogP contribution in [0.2, 0.25) is 0 Å². The molecule has 1 atom stereocenters. The average molecular weight is 423 g/mol. The smallest absolute Gasteiger partial charge is 0.245 e. The van der Waals surface area contributed by atoms with Gasteiger partial charge in [0.2, 0.25) is 21.8 Å². The van der Waals surface area contributed by atoms with Gasteiger partial charge in [0.1, 0.15) is 0 Å². The first kappa shape index (κ1) is 20.4. The molecule has 1 aromatic heterocycles. The SMILES string of the molecule is CN(CC(=O)Nc1nccs1)C(=O)[C@H]1CCCN(S(=O)(=O)c2ccccc2)C1. The van der Waals surface area contributed by atoms with Crippen LogP contribution in [0.25, 0.3) is 0 Å². The molecule has 1 N–H and O–H groups in total. The quantitative estimate of drug-likeness (QED) is 0.763. The summed E-state index contributed by atoms with van der Waals surface area (Å²) in [5.74, 6) is -1.04. The molecule has 0 aliphatic carbocycles. The van der Waals surface area contributed by atoms with Crippen LogP contribution < -0.4 is 5.32 Å². The molecule has 2 amide bonds. The van der Waals surface area contributed by atoms with Crippen LogP contribution in [0.15, 0.2) is 46.8 Å². The molecular weight excluding hydrogens is 400 g/mol. The third-order valence-corrected chi connectivity index (χ3v) is 7.12. The van der Waals surface area contributed by atoms with Gasteiger partial charge in [-0.05, 0) is 25.0 Å². The summed E-state index contributed by atoms with van der Waals surface area (Å²) < 4.78 is 27.0. The standard InChI is InChI=1S/C18H22N4O4S2/c1-21(13-16(23)20-18-19-9-11-27-18)17(24)14-6-5-10-22(12-14)28(25,26)15-7-3-2-4-8-15/h2-4,7-9,11,14H,5-6,10,12-13H2,1H3,(H,19,20,23)/t14-/m0/s1. The van der Waals surface area contributed by atoms with Crippen molar-refractivity contribution < 1.29 is 18.0 Å². The van der Waals surface area contributed by atoms with Gasteiger partial charge in [-0.1, -0.05) is 18.2 Å². The first-order valence-corrected chi connectivity index (χ1v) is 11.2. The molecule has 0 spiro atoms. The maximum absolute atomic E-state index is 12.8. The number of amides is 2. The molecule has 0 saturated carbocycles. The van der Waals surface area contributed by atoms with Crippen LogP contribution in [-0.4, -0.2) is 61.1 Å². The number of nitrogens with zero attached hydrogens (tertiary/aromatic N) is 3. The van der Waals surface area contributed by atoms with E-state index in [1.54, 1.807) is 49.0 Å². The topological polar surface area (TPSA) is 99.7 Å². The van der Waals surface area contributed by atoms with Crippen LogP contribution in [0.5, 0.6) is 0 Å². The highest BCUT2D eigenvalue weighted by Crippen LogP contribution is 2.24. The molecule has 2 heterocycles. The Bertz CT molecular complexity index is 916. The first-order valence-electron chi connectivity index (χ1n) is 8.87. The summed E-state index contributed by atoms with van der Waals surface area (Å²) in [5, 5.41) is 4.85. The van der Waals surface area contributed by atoms with Gasteiger partial charge in [-0.2, -0.15) is 4.31 Å². The summed E-state index contributed by atoms with van der Waals surface area (Å²) >= 11 is 1.30. The zero-order chi connectivity index (χ0) is 20.1. The van der Waals surface area contributed by atoms with Crippen molar-refractivity contribution in [1.82, 2.24) is 14.2 Å². The van der Waals surface area contributed by atoms with E-state index in [0.717, 1.165) is 0 Å². The fourth-order valence-corrected chi connectivity index (χ4v) is 5.24. The summed E-state index contributed by atoms with van der Waals surface area (Å²) in [7, 11) is -2.09. The Labute approximate surface area is 168 Å². The fraction of sp³-hybridized carbons (Fsp3) is 0.389. The third-order valence-electron chi connectivity index (χ3n) is 4.55. The van der Waals surface area contributed by atoms with E-state index in [1.807, 2.05) is 0 Å². The fourth-order valence-electron chi connectivity index (χ4n) is 3.15. The molecule has 1 fully saturated rings. The van der Waals surface area contributed by atoms with E-state index >= 15 is 0 Å². The number of benzene rings is 1. The molecule has 0 bridgehead atoms. The zero-order valence-corrected chi connectivity index (χ0v) is 17.1. The molecular formula is C18H22N4O4S2. The molecule has 8 nitrogen and oxygen atoms in total. The molecule has 2 aromatic rings. The number of hydrogen-bond donors (Lipinski definition) is 1. The summed E-state index contributed by atoms with van der Waals surface area (Å²) in [6.45, 7) is 0.393. The largest absolute Gasteiger partial charge is 0.336 e. The number of anilines is 1. The Morgan fingerprint density at radius 3 is 2.75 bits per heavy atom. The van der Waals surface area contributed by atoms with E-state index in [2.05, 4.69) is 10.3 Å². The molecule has 0 radical (unpaired) electrons. The number of carbonyl (C=O) groups excluding carboxylic acids is 2. The van der Waals surface area contributed by atoms with Crippen LogP contribution in [0.3, 0.4) is 0 Å². The summed E-state index contributed by atoms with van der Waals surface area (Å²) in [6.07, 6.45) is 2.78. The molecule has 1 aliphatic heterocycles.